The predicted molar refractivity (Wildman–Crippen MR) is 90.4 cm³/mol. The number of furan rings is 1. The standard InChI is InChI=1S/C17H13F3N4O3/c1-8(25)22-13-12-10(17(18,19)20)7-11(9-5-3-2-4-6-9)23-16(12)27-14(13)15(26)24-21/h2-7H,21H2,1H3,(H,22,25)(H,24,26). The van der Waals surface area contributed by atoms with Crippen LogP contribution in [0.4, 0.5) is 18.9 Å². The number of nitrogens with one attached hydrogen (secondary N) is 2. The summed E-state index contributed by atoms with van der Waals surface area (Å²) in [7, 11) is 0. The van der Waals surface area contributed by atoms with E-state index in [1.54, 1.807) is 35.8 Å². The number of hydrogen-bond acceptors (Lipinski definition) is 5. The first-order valence-electron chi connectivity index (χ1n) is 7.61. The number of nitrogens with zero attached hydrogens (tertiary/aromatic N) is 1. The van der Waals surface area contributed by atoms with Gasteiger partial charge in [-0.3, -0.25) is 15.0 Å². The van der Waals surface area contributed by atoms with Crippen molar-refractivity contribution in [2.24, 2.45) is 5.84 Å². The van der Waals surface area contributed by atoms with Gasteiger partial charge in [-0.2, -0.15) is 13.2 Å². The smallest absolute Gasteiger partial charge is 0.417 e. The molecule has 0 saturated carbocycles. The Kier molecular flexibility index (Phi) is 4.58. The number of rotatable bonds is 3. The van der Waals surface area contributed by atoms with Crippen LogP contribution < -0.4 is 16.6 Å². The van der Waals surface area contributed by atoms with Crippen LogP contribution in [0.5, 0.6) is 0 Å². The highest BCUT2D eigenvalue weighted by Gasteiger charge is 2.37. The lowest BCUT2D eigenvalue weighted by Crippen LogP contribution is -2.30. The maximum atomic E-state index is 13.7. The number of nitrogen functional groups attached to an aromatic ring is 1. The number of carbonyl (C=O) groups excluding carboxylic acids is 2. The maximum absolute atomic E-state index is 13.7. The van der Waals surface area contributed by atoms with Gasteiger partial charge in [-0.15, -0.1) is 0 Å². The molecule has 0 aliphatic heterocycles. The fraction of sp³-hybridized carbons (Fsp3) is 0.118. The molecule has 0 aliphatic rings. The van der Waals surface area contributed by atoms with Crippen LogP contribution in [0.25, 0.3) is 22.4 Å². The van der Waals surface area contributed by atoms with Crippen molar-refractivity contribution in [3.05, 3.63) is 47.7 Å². The van der Waals surface area contributed by atoms with Crippen molar-refractivity contribution in [3.63, 3.8) is 0 Å². The second-order valence-corrected chi connectivity index (χ2v) is 5.56. The maximum Gasteiger partial charge on any atom is 0.417 e. The van der Waals surface area contributed by atoms with Crippen LogP contribution in [0.2, 0.25) is 0 Å². The van der Waals surface area contributed by atoms with Gasteiger partial charge in [0, 0.05) is 12.5 Å². The van der Waals surface area contributed by atoms with Crippen molar-refractivity contribution in [2.45, 2.75) is 13.1 Å². The molecule has 3 aromatic rings. The van der Waals surface area contributed by atoms with Crippen molar-refractivity contribution in [2.75, 3.05) is 5.32 Å². The number of hydrogen-bond donors (Lipinski definition) is 3. The average molecular weight is 378 g/mol. The normalized spacial score (nSPS) is 11.4. The zero-order valence-corrected chi connectivity index (χ0v) is 13.8. The molecule has 0 spiro atoms. The Morgan fingerprint density at radius 2 is 1.85 bits per heavy atom. The van der Waals surface area contributed by atoms with Crippen LogP contribution in [-0.2, 0) is 11.0 Å². The number of halogens is 3. The number of benzene rings is 1. The molecule has 3 rings (SSSR count). The van der Waals surface area contributed by atoms with E-state index in [4.69, 9.17) is 10.3 Å². The molecule has 10 heteroatoms. The van der Waals surface area contributed by atoms with Gasteiger partial charge in [0.1, 0.15) is 5.69 Å². The van der Waals surface area contributed by atoms with E-state index in [0.717, 1.165) is 13.0 Å². The summed E-state index contributed by atoms with van der Waals surface area (Å²) >= 11 is 0. The zero-order chi connectivity index (χ0) is 19.8. The van der Waals surface area contributed by atoms with E-state index in [9.17, 15) is 22.8 Å². The van der Waals surface area contributed by atoms with E-state index in [1.165, 1.54) is 0 Å². The fourth-order valence-corrected chi connectivity index (χ4v) is 2.60. The molecule has 0 aliphatic carbocycles. The van der Waals surface area contributed by atoms with Gasteiger partial charge < -0.3 is 9.73 Å². The first-order valence-corrected chi connectivity index (χ1v) is 7.61. The molecule has 27 heavy (non-hydrogen) atoms. The van der Waals surface area contributed by atoms with Crippen molar-refractivity contribution in [3.8, 4) is 11.3 Å². The Morgan fingerprint density at radius 1 is 1.19 bits per heavy atom. The Morgan fingerprint density at radius 3 is 2.41 bits per heavy atom. The van der Waals surface area contributed by atoms with Crippen molar-refractivity contribution >= 4 is 28.6 Å². The molecular formula is C17H13F3N4O3. The summed E-state index contributed by atoms with van der Waals surface area (Å²) in [6.07, 6.45) is -4.79. The summed E-state index contributed by atoms with van der Waals surface area (Å²) in [4.78, 5) is 27.4. The van der Waals surface area contributed by atoms with Gasteiger partial charge in [0.2, 0.25) is 17.4 Å². The van der Waals surface area contributed by atoms with Gasteiger partial charge >= 0.3 is 12.1 Å². The largest absolute Gasteiger partial charge is 0.430 e. The summed E-state index contributed by atoms with van der Waals surface area (Å²) in [6, 6.07) is 9.00. The molecule has 140 valence electrons. The van der Waals surface area contributed by atoms with E-state index in [-0.39, 0.29) is 5.69 Å². The molecule has 4 N–H and O–H groups in total. The molecular weight excluding hydrogens is 365 g/mol. The lowest BCUT2D eigenvalue weighted by atomic mass is 10.1. The van der Waals surface area contributed by atoms with Gasteiger partial charge in [0.15, 0.2) is 0 Å². The van der Waals surface area contributed by atoms with Crippen molar-refractivity contribution in [1.29, 1.82) is 0 Å². The third-order valence-corrected chi connectivity index (χ3v) is 3.68. The lowest BCUT2D eigenvalue weighted by molar-refractivity contribution is -0.136. The van der Waals surface area contributed by atoms with E-state index in [0.29, 0.717) is 5.56 Å². The molecule has 0 bridgehead atoms. The van der Waals surface area contributed by atoms with Crippen LogP contribution >= 0.6 is 0 Å². The number of carbonyl (C=O) groups is 2. The molecule has 0 radical (unpaired) electrons. The Bertz CT molecular complexity index is 1030. The highest BCUT2D eigenvalue weighted by atomic mass is 19.4. The second-order valence-electron chi connectivity index (χ2n) is 5.56. The molecule has 2 heterocycles. The number of alkyl halides is 3. The summed E-state index contributed by atoms with van der Waals surface area (Å²) in [5, 5.41) is 1.66. The number of nitrogens with two attached hydrogens (primary N) is 1. The Balaban J connectivity index is 2.39. The van der Waals surface area contributed by atoms with Crippen LogP contribution in [0.15, 0.2) is 40.8 Å². The zero-order valence-electron chi connectivity index (χ0n) is 13.8. The van der Waals surface area contributed by atoms with E-state index >= 15 is 0 Å². The van der Waals surface area contributed by atoms with E-state index in [2.05, 4.69) is 10.3 Å². The van der Waals surface area contributed by atoms with Crippen molar-refractivity contribution < 1.29 is 27.2 Å². The van der Waals surface area contributed by atoms with Crippen molar-refractivity contribution in [1.82, 2.24) is 10.4 Å². The topological polar surface area (TPSA) is 110 Å². The van der Waals surface area contributed by atoms with Gasteiger partial charge in [0.05, 0.1) is 16.6 Å². The molecule has 2 amide bonds. The first kappa shape index (κ1) is 18.4. The highest BCUT2D eigenvalue weighted by molar-refractivity contribution is 6.11. The molecule has 0 fully saturated rings. The SMILES string of the molecule is CC(=O)Nc1c(C(=O)NN)oc2nc(-c3ccccc3)cc(C(F)(F)F)c12. The number of fused-ring (bicyclic) bond motifs is 1. The van der Waals surface area contributed by atoms with Crippen LogP contribution in [0.3, 0.4) is 0 Å². The number of pyridine rings is 1. The minimum absolute atomic E-state index is 0.00161. The molecule has 0 saturated heterocycles. The highest BCUT2D eigenvalue weighted by Crippen LogP contribution is 2.42. The third-order valence-electron chi connectivity index (χ3n) is 3.68. The van der Waals surface area contributed by atoms with Crippen LogP contribution in [-0.4, -0.2) is 16.8 Å². The second kappa shape index (κ2) is 6.72. The molecule has 7 nitrogen and oxygen atoms in total. The molecule has 1 aromatic carbocycles. The van der Waals surface area contributed by atoms with Crippen LogP contribution in [0, 0.1) is 0 Å². The number of amides is 2. The van der Waals surface area contributed by atoms with E-state index in [1.807, 2.05) is 0 Å². The summed E-state index contributed by atoms with van der Waals surface area (Å²) < 4.78 is 46.4. The van der Waals surface area contributed by atoms with Gasteiger partial charge in [-0.05, 0) is 6.07 Å². The summed E-state index contributed by atoms with van der Waals surface area (Å²) in [6.45, 7) is 1.09. The van der Waals surface area contributed by atoms with Gasteiger partial charge in [-0.25, -0.2) is 10.8 Å². The minimum atomic E-state index is -4.79. The van der Waals surface area contributed by atoms with E-state index < -0.39 is 46.1 Å². The average Bonchev–Trinajstić information content (AvgIpc) is 2.98. The summed E-state index contributed by atoms with van der Waals surface area (Å²) in [5.74, 6) is 2.78. The van der Waals surface area contributed by atoms with Crippen LogP contribution in [0.1, 0.15) is 23.0 Å². The lowest BCUT2D eigenvalue weighted by Gasteiger charge is -2.11. The monoisotopic (exact) mass is 378 g/mol. The number of anilines is 1. The quantitative estimate of drug-likeness (QED) is 0.369. The van der Waals surface area contributed by atoms with Gasteiger partial charge in [-0.1, -0.05) is 30.3 Å². The summed E-state index contributed by atoms with van der Waals surface area (Å²) in [5.41, 5.74) is 0.190. The molecule has 0 unspecified atom stereocenters. The first-order chi connectivity index (χ1) is 12.7. The predicted octanol–water partition coefficient (Wildman–Crippen LogP) is 3.08. The number of aromatic nitrogens is 1. The Hall–Kier alpha value is -3.40. The number of hydrazine groups is 1. The molecule has 2 aromatic heterocycles. The third kappa shape index (κ3) is 3.47. The fourth-order valence-electron chi connectivity index (χ4n) is 2.60. The minimum Gasteiger partial charge on any atom is -0.430 e. The Labute approximate surface area is 150 Å². The van der Waals surface area contributed by atoms with Gasteiger partial charge in [0.25, 0.3) is 0 Å². The molecule has 0 atom stereocenters.